The Hall–Kier alpha value is -1.71. The molecule has 4 rings (SSSR count). The third kappa shape index (κ3) is 36.3. The van der Waals surface area contributed by atoms with Crippen molar-refractivity contribution in [3.63, 3.8) is 0 Å². The van der Waals surface area contributed by atoms with Gasteiger partial charge in [0.05, 0.1) is 0 Å². The van der Waals surface area contributed by atoms with Crippen molar-refractivity contribution in [2.75, 3.05) is 65.4 Å². The highest BCUT2D eigenvalue weighted by molar-refractivity contribution is 5.75. The van der Waals surface area contributed by atoms with Crippen LogP contribution in [0, 0.1) is 52.3 Å². The van der Waals surface area contributed by atoms with Gasteiger partial charge in [-0.3, -0.25) is 14.4 Å². The van der Waals surface area contributed by atoms with Crippen molar-refractivity contribution in [3.8, 4) is 0 Å². The molecule has 1 amide bonds. The van der Waals surface area contributed by atoms with E-state index in [9.17, 15) is 14.4 Å². The number of esters is 2. The van der Waals surface area contributed by atoms with E-state index in [1.165, 1.54) is 308 Å². The molecule has 4 fully saturated rings. The van der Waals surface area contributed by atoms with Gasteiger partial charge in [-0.05, 0) is 221 Å². The molecule has 9 heteroatoms. The second-order valence-corrected chi connectivity index (χ2v) is 34.7. The molecule has 0 spiro atoms. The van der Waals surface area contributed by atoms with Gasteiger partial charge in [0.25, 0.3) is 0 Å². The van der Waals surface area contributed by atoms with E-state index >= 15 is 0 Å². The first-order chi connectivity index (χ1) is 48.8. The van der Waals surface area contributed by atoms with Gasteiger partial charge < -0.3 is 29.5 Å². The lowest BCUT2D eigenvalue weighted by Gasteiger charge is -2.65. The third-order valence-electron chi connectivity index (χ3n) is 26.6. The van der Waals surface area contributed by atoms with E-state index in [4.69, 9.17) is 9.47 Å². The standard InChI is InChI=1S/C91H174N4O5/c1-11-18-24-30-34-38-44-50-70-94(71-51-45-39-35-31-25-19-12-2)74-54-57-86(97)99-79-63-65-91(10)83-64-66-90(9)81(78(8)59-62-85(96)92-67-56-76-95(72-52-46-40-36-32-26-20-13-3)73-53-47-41-37-33-27-21-14-4)60-61-82(90)88(83)89(80(17-7)84(91)77-79)100-87(98)58-55-75-93(68-48-42-28-22-15-5)69-49-43-29-23-16-6/h78-84,88-89H,11-77H2,1-10H3,(H,92,96)/t78-,79-,80-,81-,82+,83+,84+,88+,89-,90-,91-/m1/s1. The Bertz CT molecular complexity index is 1910. The van der Waals surface area contributed by atoms with Crippen molar-refractivity contribution in [3.05, 3.63) is 0 Å². The number of carbonyl (C=O) groups excluding carboxylic acids is 3. The van der Waals surface area contributed by atoms with Crippen molar-refractivity contribution in [1.82, 2.24) is 20.0 Å². The van der Waals surface area contributed by atoms with E-state index in [-0.39, 0.29) is 46.8 Å². The van der Waals surface area contributed by atoms with Crippen LogP contribution in [0.15, 0.2) is 0 Å². The summed E-state index contributed by atoms with van der Waals surface area (Å²) in [5.74, 6) is 3.17. The average molecular weight is 1400 g/mol. The number of nitrogens with zero attached hydrogens (tertiary/aromatic N) is 3. The Labute approximate surface area is 623 Å². The van der Waals surface area contributed by atoms with Gasteiger partial charge in [-0.15, -0.1) is 0 Å². The van der Waals surface area contributed by atoms with E-state index in [1.807, 2.05) is 0 Å². The van der Waals surface area contributed by atoms with Gasteiger partial charge in [0.2, 0.25) is 5.91 Å². The molecular formula is C91H174N4O5. The first kappa shape index (κ1) is 90.7. The zero-order chi connectivity index (χ0) is 72.2. The quantitative estimate of drug-likeness (QED) is 0.0476. The minimum Gasteiger partial charge on any atom is -0.462 e. The van der Waals surface area contributed by atoms with Crippen LogP contribution in [0.2, 0.25) is 0 Å². The van der Waals surface area contributed by atoms with Gasteiger partial charge in [0.1, 0.15) is 12.2 Å². The Morgan fingerprint density at radius 2 is 0.720 bits per heavy atom. The van der Waals surface area contributed by atoms with E-state index in [1.54, 1.807) is 0 Å². The molecule has 0 bridgehead atoms. The summed E-state index contributed by atoms with van der Waals surface area (Å²) in [6.45, 7) is 34.8. The minimum atomic E-state index is -0.114. The van der Waals surface area contributed by atoms with Crippen molar-refractivity contribution >= 4 is 17.8 Å². The molecule has 100 heavy (non-hydrogen) atoms. The number of hydrogen-bond acceptors (Lipinski definition) is 8. The fraction of sp³-hybridized carbons (Fsp3) is 0.967. The lowest BCUT2D eigenvalue weighted by molar-refractivity contribution is -0.220. The maximum absolute atomic E-state index is 14.8. The molecule has 4 saturated carbocycles. The Kier molecular flexibility index (Phi) is 52.1. The van der Waals surface area contributed by atoms with Crippen LogP contribution in [-0.2, 0) is 23.9 Å². The summed E-state index contributed by atoms with van der Waals surface area (Å²) in [4.78, 5) is 50.8. The van der Waals surface area contributed by atoms with Crippen molar-refractivity contribution in [2.45, 2.75) is 447 Å². The lowest BCUT2D eigenvalue weighted by Crippen LogP contribution is -2.63. The molecule has 0 aromatic heterocycles. The first-order valence-electron chi connectivity index (χ1n) is 45.7. The summed E-state index contributed by atoms with van der Waals surface area (Å²) in [5.41, 5.74) is 0.258. The number of amides is 1. The molecule has 0 unspecified atom stereocenters. The number of unbranched alkanes of at least 4 members (excludes halogenated alkanes) is 36. The molecule has 0 saturated heterocycles. The highest BCUT2D eigenvalue weighted by atomic mass is 16.5. The SMILES string of the molecule is CCCCCCCCCCN(CCCCCCCCCC)CCCNC(=O)CC[C@@H](C)[C@H]1CC[C@H]2[C@@H]3[C@H](OC(=O)CCCN(CCCCCCC)CCCCCCC)[C@H](CC)[C@@H]4C[C@H](OC(=O)CCCN(CCCCCCCCCC)CCCCCCCCCC)CC[C@]4(C)[C@H]3CC[C@]12C. The normalized spacial score (nSPS) is 23.9. The fourth-order valence-corrected chi connectivity index (χ4v) is 20.4. The Morgan fingerprint density at radius 1 is 0.380 bits per heavy atom. The van der Waals surface area contributed by atoms with E-state index in [0.717, 1.165) is 104 Å². The van der Waals surface area contributed by atoms with Crippen LogP contribution in [0.1, 0.15) is 435 Å². The molecule has 0 aromatic carbocycles. The largest absolute Gasteiger partial charge is 0.462 e. The second-order valence-electron chi connectivity index (χ2n) is 34.7. The molecule has 0 radical (unpaired) electrons. The van der Waals surface area contributed by atoms with Crippen LogP contribution in [0.25, 0.3) is 0 Å². The maximum Gasteiger partial charge on any atom is 0.306 e. The number of carbonyl (C=O) groups is 3. The summed E-state index contributed by atoms with van der Waals surface area (Å²) < 4.78 is 13.9. The van der Waals surface area contributed by atoms with Crippen LogP contribution < -0.4 is 5.32 Å². The number of fused-ring (bicyclic) bond motifs is 5. The van der Waals surface area contributed by atoms with Crippen LogP contribution in [-0.4, -0.2) is 110 Å². The molecule has 9 nitrogen and oxygen atoms in total. The predicted molar refractivity (Wildman–Crippen MR) is 431 cm³/mol. The third-order valence-corrected chi connectivity index (χ3v) is 26.6. The average Bonchev–Trinajstić information content (AvgIpc) is 1.25. The van der Waals surface area contributed by atoms with Gasteiger partial charge in [0, 0.05) is 31.7 Å². The number of hydrogen-bond donors (Lipinski definition) is 1. The summed E-state index contributed by atoms with van der Waals surface area (Å²) in [6.07, 6.45) is 70.1. The van der Waals surface area contributed by atoms with E-state index in [0.29, 0.717) is 54.8 Å². The molecule has 1 N–H and O–H groups in total. The van der Waals surface area contributed by atoms with Crippen molar-refractivity contribution in [2.24, 2.45) is 52.3 Å². The number of ether oxygens (including phenoxy) is 2. The summed E-state index contributed by atoms with van der Waals surface area (Å²) in [6, 6.07) is 0. The summed E-state index contributed by atoms with van der Waals surface area (Å²) in [7, 11) is 0. The smallest absolute Gasteiger partial charge is 0.306 e. The first-order valence-corrected chi connectivity index (χ1v) is 45.7. The summed E-state index contributed by atoms with van der Waals surface area (Å²) >= 11 is 0. The molecular weight excluding hydrogens is 1230 g/mol. The van der Waals surface area contributed by atoms with Crippen LogP contribution in [0.5, 0.6) is 0 Å². The van der Waals surface area contributed by atoms with Crippen LogP contribution in [0.3, 0.4) is 0 Å². The van der Waals surface area contributed by atoms with E-state index < -0.39 is 0 Å². The second kappa shape index (κ2) is 57.5. The summed E-state index contributed by atoms with van der Waals surface area (Å²) in [5, 5.41) is 3.41. The predicted octanol–water partition coefficient (Wildman–Crippen LogP) is 25.6. The maximum atomic E-state index is 14.8. The minimum absolute atomic E-state index is 0.000863. The fourth-order valence-electron chi connectivity index (χ4n) is 20.4. The lowest BCUT2D eigenvalue weighted by atomic mass is 9.41. The molecule has 0 aromatic rings. The van der Waals surface area contributed by atoms with Gasteiger partial charge >= 0.3 is 11.9 Å². The molecule has 0 aliphatic heterocycles. The zero-order valence-electron chi connectivity index (χ0n) is 69.0. The van der Waals surface area contributed by atoms with Gasteiger partial charge in [-0.1, -0.05) is 300 Å². The Morgan fingerprint density at radius 3 is 1.11 bits per heavy atom. The van der Waals surface area contributed by atoms with Crippen molar-refractivity contribution < 1.29 is 23.9 Å². The monoisotopic (exact) mass is 1400 g/mol. The van der Waals surface area contributed by atoms with Crippen LogP contribution in [0.4, 0.5) is 0 Å². The molecule has 588 valence electrons. The number of nitrogens with one attached hydrogen (secondary N) is 1. The van der Waals surface area contributed by atoms with Gasteiger partial charge in [-0.2, -0.15) is 0 Å². The highest BCUT2D eigenvalue weighted by Gasteiger charge is 2.66. The zero-order valence-corrected chi connectivity index (χ0v) is 69.0. The molecule has 4 aliphatic carbocycles. The van der Waals surface area contributed by atoms with Gasteiger partial charge in [-0.25, -0.2) is 0 Å². The van der Waals surface area contributed by atoms with Gasteiger partial charge in [0.15, 0.2) is 0 Å². The van der Waals surface area contributed by atoms with E-state index in [2.05, 4.69) is 89.3 Å². The molecule has 11 atom stereocenters. The topological polar surface area (TPSA) is 91.4 Å². The number of rotatable bonds is 67. The van der Waals surface area contributed by atoms with Crippen molar-refractivity contribution in [1.29, 1.82) is 0 Å². The Balaban J connectivity index is 1.43. The molecule has 0 heterocycles. The molecule has 4 aliphatic rings. The highest BCUT2D eigenvalue weighted by Crippen LogP contribution is 2.70. The van der Waals surface area contributed by atoms with Crippen LogP contribution >= 0.6 is 0 Å².